The number of aliphatic hydroxyl groups is 1. The van der Waals surface area contributed by atoms with Crippen molar-refractivity contribution in [2.24, 2.45) is 5.92 Å². The van der Waals surface area contributed by atoms with E-state index in [0.717, 1.165) is 19.3 Å². The van der Waals surface area contributed by atoms with Gasteiger partial charge in [-0.3, -0.25) is 0 Å². The monoisotopic (exact) mass is 126 g/mol. The van der Waals surface area contributed by atoms with Gasteiger partial charge < -0.3 is 5.11 Å². The lowest BCUT2D eigenvalue weighted by atomic mass is 9.85. The summed E-state index contributed by atoms with van der Waals surface area (Å²) in [6, 6.07) is 0. The smallest absolute Gasteiger partial charge is 0.0602 e. The second-order valence-corrected chi connectivity index (χ2v) is 3.04. The van der Waals surface area contributed by atoms with Crippen molar-refractivity contribution in [1.29, 1.82) is 0 Å². The third-order valence-electron chi connectivity index (χ3n) is 2.11. The summed E-state index contributed by atoms with van der Waals surface area (Å²) >= 11 is 0. The Balaban J connectivity index is 2.44. The maximum absolute atomic E-state index is 9.29. The number of aliphatic hydroxyl groups excluding tert-OH is 1. The molecule has 1 aliphatic rings. The van der Waals surface area contributed by atoms with Crippen LogP contribution in [0.25, 0.3) is 0 Å². The normalized spacial score (nSPS) is 36.9. The molecule has 0 spiro atoms. The number of rotatable bonds is 0. The molecule has 0 heterocycles. The van der Waals surface area contributed by atoms with Crippen LogP contribution >= 0.6 is 0 Å². The molecule has 0 radical (unpaired) electrons. The number of hydrogen-bond acceptors (Lipinski definition) is 1. The van der Waals surface area contributed by atoms with Gasteiger partial charge in [0.15, 0.2) is 0 Å². The van der Waals surface area contributed by atoms with Crippen LogP contribution in [0.4, 0.5) is 0 Å². The van der Waals surface area contributed by atoms with Crippen LogP contribution in [0.1, 0.15) is 26.2 Å². The molecule has 0 amide bonds. The molecule has 1 nitrogen and oxygen atoms in total. The molecule has 1 rings (SSSR count). The van der Waals surface area contributed by atoms with Gasteiger partial charge in [0.05, 0.1) is 6.10 Å². The summed E-state index contributed by atoms with van der Waals surface area (Å²) in [5, 5.41) is 9.29. The van der Waals surface area contributed by atoms with Crippen molar-refractivity contribution in [1.82, 2.24) is 0 Å². The van der Waals surface area contributed by atoms with Gasteiger partial charge in [-0.15, -0.1) is 0 Å². The van der Waals surface area contributed by atoms with Crippen molar-refractivity contribution in [3.8, 4) is 0 Å². The standard InChI is InChI=1S/C8H14O/c1-6-3-4-7(2)8(9)5-6/h7-9H,1,3-5H2,2H3/t7-,8+/m1/s1. The zero-order chi connectivity index (χ0) is 6.85. The third kappa shape index (κ3) is 1.55. The molecule has 1 aliphatic carbocycles. The van der Waals surface area contributed by atoms with Crippen molar-refractivity contribution in [3.05, 3.63) is 12.2 Å². The molecule has 0 bridgehead atoms. The second-order valence-electron chi connectivity index (χ2n) is 3.04. The van der Waals surface area contributed by atoms with Gasteiger partial charge >= 0.3 is 0 Å². The Kier molecular flexibility index (Phi) is 1.91. The fourth-order valence-electron chi connectivity index (χ4n) is 1.22. The molecular formula is C8H14O. The molecule has 1 fully saturated rings. The van der Waals surface area contributed by atoms with E-state index in [0.29, 0.717) is 5.92 Å². The summed E-state index contributed by atoms with van der Waals surface area (Å²) in [5.74, 6) is 0.482. The van der Waals surface area contributed by atoms with Crippen LogP contribution in [-0.2, 0) is 0 Å². The first-order valence-corrected chi connectivity index (χ1v) is 3.55. The van der Waals surface area contributed by atoms with Crippen molar-refractivity contribution >= 4 is 0 Å². The van der Waals surface area contributed by atoms with Crippen molar-refractivity contribution in [2.45, 2.75) is 32.3 Å². The SMILES string of the molecule is C=C1CC[C@@H](C)[C@@H](O)C1. The van der Waals surface area contributed by atoms with Crippen molar-refractivity contribution < 1.29 is 5.11 Å². The van der Waals surface area contributed by atoms with Gasteiger partial charge in [-0.1, -0.05) is 19.1 Å². The molecule has 52 valence electrons. The summed E-state index contributed by atoms with van der Waals surface area (Å²) in [6.45, 7) is 5.93. The van der Waals surface area contributed by atoms with Crippen LogP contribution in [0.3, 0.4) is 0 Å². The van der Waals surface area contributed by atoms with E-state index in [9.17, 15) is 5.11 Å². The Bertz CT molecular complexity index is 118. The van der Waals surface area contributed by atoms with E-state index in [-0.39, 0.29) is 6.10 Å². The number of hydrogen-bond donors (Lipinski definition) is 1. The molecular weight excluding hydrogens is 112 g/mol. The highest BCUT2D eigenvalue weighted by Crippen LogP contribution is 2.26. The third-order valence-corrected chi connectivity index (χ3v) is 2.11. The Morgan fingerprint density at radius 2 is 2.33 bits per heavy atom. The molecule has 0 aliphatic heterocycles. The fourth-order valence-corrected chi connectivity index (χ4v) is 1.22. The second kappa shape index (κ2) is 2.53. The Labute approximate surface area is 56.4 Å². The molecule has 1 N–H and O–H groups in total. The molecule has 0 aromatic rings. The van der Waals surface area contributed by atoms with Crippen LogP contribution in [0.15, 0.2) is 12.2 Å². The molecule has 0 unspecified atom stereocenters. The van der Waals surface area contributed by atoms with E-state index < -0.39 is 0 Å². The minimum atomic E-state index is -0.119. The average molecular weight is 126 g/mol. The first kappa shape index (κ1) is 6.81. The van der Waals surface area contributed by atoms with E-state index in [1.807, 2.05) is 0 Å². The largest absolute Gasteiger partial charge is 0.393 e. The lowest BCUT2D eigenvalue weighted by Gasteiger charge is -2.25. The average Bonchev–Trinajstić information content (AvgIpc) is 1.80. The van der Waals surface area contributed by atoms with Gasteiger partial charge in [0.1, 0.15) is 0 Å². The fraction of sp³-hybridized carbons (Fsp3) is 0.750. The summed E-state index contributed by atoms with van der Waals surface area (Å²) in [5.41, 5.74) is 1.21. The van der Waals surface area contributed by atoms with Gasteiger partial charge in [-0.05, 0) is 25.2 Å². The minimum Gasteiger partial charge on any atom is -0.393 e. The van der Waals surface area contributed by atoms with Crippen LogP contribution in [0.5, 0.6) is 0 Å². The molecule has 0 aromatic carbocycles. The summed E-state index contributed by atoms with van der Waals surface area (Å²) in [6.07, 6.45) is 2.92. The van der Waals surface area contributed by atoms with Gasteiger partial charge in [-0.2, -0.15) is 0 Å². The Hall–Kier alpha value is -0.300. The van der Waals surface area contributed by atoms with E-state index >= 15 is 0 Å². The highest BCUT2D eigenvalue weighted by Gasteiger charge is 2.19. The maximum Gasteiger partial charge on any atom is 0.0602 e. The van der Waals surface area contributed by atoms with Crippen molar-refractivity contribution in [3.63, 3.8) is 0 Å². The quantitative estimate of drug-likeness (QED) is 0.490. The maximum atomic E-state index is 9.29. The lowest BCUT2D eigenvalue weighted by Crippen LogP contribution is -2.22. The van der Waals surface area contributed by atoms with E-state index in [4.69, 9.17) is 0 Å². The van der Waals surface area contributed by atoms with Gasteiger partial charge in [-0.25, -0.2) is 0 Å². The van der Waals surface area contributed by atoms with Gasteiger partial charge in [0, 0.05) is 0 Å². The van der Waals surface area contributed by atoms with E-state index in [1.54, 1.807) is 0 Å². The minimum absolute atomic E-state index is 0.119. The highest BCUT2D eigenvalue weighted by molar-refractivity contribution is 5.01. The first-order chi connectivity index (χ1) is 4.20. The molecule has 9 heavy (non-hydrogen) atoms. The van der Waals surface area contributed by atoms with Crippen molar-refractivity contribution in [2.75, 3.05) is 0 Å². The van der Waals surface area contributed by atoms with E-state index in [1.165, 1.54) is 5.57 Å². The summed E-state index contributed by atoms with van der Waals surface area (Å²) in [7, 11) is 0. The molecule has 0 saturated heterocycles. The molecule has 1 saturated carbocycles. The predicted octanol–water partition coefficient (Wildman–Crippen LogP) is 1.72. The van der Waals surface area contributed by atoms with E-state index in [2.05, 4.69) is 13.5 Å². The zero-order valence-corrected chi connectivity index (χ0v) is 5.93. The van der Waals surface area contributed by atoms with Crippen LogP contribution in [0.2, 0.25) is 0 Å². The van der Waals surface area contributed by atoms with Crippen LogP contribution < -0.4 is 0 Å². The lowest BCUT2D eigenvalue weighted by molar-refractivity contribution is 0.0981. The predicted molar refractivity (Wildman–Crippen MR) is 38.2 cm³/mol. The Morgan fingerprint density at radius 3 is 2.78 bits per heavy atom. The molecule has 1 heteroatoms. The van der Waals surface area contributed by atoms with Gasteiger partial charge in [0.2, 0.25) is 0 Å². The van der Waals surface area contributed by atoms with Gasteiger partial charge in [0.25, 0.3) is 0 Å². The summed E-state index contributed by atoms with van der Waals surface area (Å²) in [4.78, 5) is 0. The molecule has 0 aromatic heterocycles. The first-order valence-electron chi connectivity index (χ1n) is 3.55. The zero-order valence-electron chi connectivity index (χ0n) is 5.93. The van der Waals surface area contributed by atoms with Crippen LogP contribution in [-0.4, -0.2) is 11.2 Å². The highest BCUT2D eigenvalue weighted by atomic mass is 16.3. The van der Waals surface area contributed by atoms with Crippen LogP contribution in [0, 0.1) is 5.92 Å². The topological polar surface area (TPSA) is 20.2 Å². The Morgan fingerprint density at radius 1 is 1.67 bits per heavy atom. The summed E-state index contributed by atoms with van der Waals surface area (Å²) < 4.78 is 0. The molecule has 2 atom stereocenters.